The van der Waals surface area contributed by atoms with Crippen LogP contribution in [0.4, 0.5) is 0 Å². The number of rotatable bonds is 3. The van der Waals surface area contributed by atoms with E-state index in [0.29, 0.717) is 21.2 Å². The molecule has 2 aromatic carbocycles. The summed E-state index contributed by atoms with van der Waals surface area (Å²) >= 11 is 11.5. The fourth-order valence-electron chi connectivity index (χ4n) is 1.60. The standard InChI is InChI=1S/C15H8Cl2O2/c16-12-5-1-10(2-6-12)14(9-18)15(19)11-3-7-13(17)8-4-11/h1-8H. The number of halogens is 2. The number of carbonyl (C=O) groups is 1. The van der Waals surface area contributed by atoms with Gasteiger partial charge in [0, 0.05) is 15.6 Å². The van der Waals surface area contributed by atoms with E-state index in [1.807, 2.05) is 0 Å². The summed E-state index contributed by atoms with van der Waals surface area (Å²) in [5.74, 6) is 1.30. The van der Waals surface area contributed by atoms with E-state index in [9.17, 15) is 9.59 Å². The summed E-state index contributed by atoms with van der Waals surface area (Å²) in [6.07, 6.45) is 0. The highest BCUT2D eigenvalue weighted by atomic mass is 35.5. The van der Waals surface area contributed by atoms with Gasteiger partial charge in [-0.1, -0.05) is 35.3 Å². The molecular formula is C15H8Cl2O2. The molecule has 0 amide bonds. The van der Waals surface area contributed by atoms with E-state index in [2.05, 4.69) is 0 Å². The zero-order valence-corrected chi connectivity index (χ0v) is 11.2. The van der Waals surface area contributed by atoms with Gasteiger partial charge in [-0.15, -0.1) is 0 Å². The monoisotopic (exact) mass is 290 g/mol. The first-order chi connectivity index (χ1) is 9.11. The topological polar surface area (TPSA) is 34.1 Å². The third kappa shape index (κ3) is 3.12. The van der Waals surface area contributed by atoms with Crippen LogP contribution in [0.1, 0.15) is 15.9 Å². The number of carbonyl (C=O) groups excluding carboxylic acids is 2. The lowest BCUT2D eigenvalue weighted by molar-refractivity contribution is 0.105. The maximum absolute atomic E-state index is 12.2. The maximum atomic E-state index is 12.2. The molecule has 0 radical (unpaired) electrons. The number of benzene rings is 2. The van der Waals surface area contributed by atoms with E-state index in [1.165, 1.54) is 0 Å². The largest absolute Gasteiger partial charge is 0.288 e. The van der Waals surface area contributed by atoms with Crippen molar-refractivity contribution in [1.82, 2.24) is 0 Å². The molecule has 0 saturated heterocycles. The number of allylic oxidation sites excluding steroid dienone is 1. The molecule has 0 aromatic heterocycles. The molecule has 2 nitrogen and oxygen atoms in total. The van der Waals surface area contributed by atoms with E-state index < -0.39 is 5.78 Å². The van der Waals surface area contributed by atoms with Crippen LogP contribution in [0.5, 0.6) is 0 Å². The number of hydrogen-bond acceptors (Lipinski definition) is 2. The Morgan fingerprint density at radius 2 is 1.21 bits per heavy atom. The van der Waals surface area contributed by atoms with E-state index in [4.69, 9.17) is 23.2 Å². The predicted octanol–water partition coefficient (Wildman–Crippen LogP) is 4.09. The fraction of sp³-hybridized carbons (Fsp3) is 0. The molecule has 2 rings (SSSR count). The summed E-state index contributed by atoms with van der Waals surface area (Å²) < 4.78 is 0. The van der Waals surface area contributed by atoms with Crippen LogP contribution in [0, 0.1) is 0 Å². The van der Waals surface area contributed by atoms with Crippen molar-refractivity contribution in [2.75, 3.05) is 0 Å². The van der Waals surface area contributed by atoms with Crippen LogP contribution >= 0.6 is 23.2 Å². The van der Waals surface area contributed by atoms with Crippen molar-refractivity contribution in [2.24, 2.45) is 0 Å². The average Bonchev–Trinajstić information content (AvgIpc) is 2.42. The van der Waals surface area contributed by atoms with E-state index in [0.717, 1.165) is 0 Å². The number of hydrogen-bond donors (Lipinski definition) is 0. The molecule has 0 aliphatic rings. The highest BCUT2D eigenvalue weighted by Crippen LogP contribution is 2.20. The minimum Gasteiger partial charge on any atom is -0.288 e. The maximum Gasteiger partial charge on any atom is 0.204 e. The minimum atomic E-state index is -0.394. The van der Waals surface area contributed by atoms with Gasteiger partial charge >= 0.3 is 0 Å². The smallest absolute Gasteiger partial charge is 0.204 e. The lowest BCUT2D eigenvalue weighted by atomic mass is 9.98. The van der Waals surface area contributed by atoms with Crippen molar-refractivity contribution < 1.29 is 9.59 Å². The Bertz CT molecular complexity index is 652. The zero-order valence-electron chi connectivity index (χ0n) is 9.69. The van der Waals surface area contributed by atoms with Crippen molar-refractivity contribution >= 4 is 40.5 Å². The Morgan fingerprint density at radius 3 is 1.63 bits per heavy atom. The second kappa shape index (κ2) is 5.85. The van der Waals surface area contributed by atoms with Crippen LogP contribution in [0.2, 0.25) is 10.0 Å². The first-order valence-corrected chi connectivity index (χ1v) is 6.18. The van der Waals surface area contributed by atoms with Gasteiger partial charge in [0.15, 0.2) is 0 Å². The molecule has 4 heteroatoms. The van der Waals surface area contributed by atoms with Gasteiger partial charge in [-0.25, -0.2) is 4.79 Å². The van der Waals surface area contributed by atoms with Crippen LogP contribution in [0.25, 0.3) is 5.57 Å². The Balaban J connectivity index is 2.38. The molecule has 0 atom stereocenters. The second-order valence-corrected chi connectivity index (χ2v) is 4.69. The Morgan fingerprint density at radius 1 is 0.789 bits per heavy atom. The van der Waals surface area contributed by atoms with Gasteiger partial charge in [0.25, 0.3) is 0 Å². The van der Waals surface area contributed by atoms with Crippen LogP contribution in [0.15, 0.2) is 48.5 Å². The molecule has 0 unspecified atom stereocenters. The second-order valence-electron chi connectivity index (χ2n) is 3.82. The minimum absolute atomic E-state index is 0.0287. The molecule has 0 bridgehead atoms. The SMILES string of the molecule is O=C=C(C(=O)c1ccc(Cl)cc1)c1ccc(Cl)cc1. The number of Topliss-reactive ketones (excluding diaryl/α,β-unsaturated/α-hetero) is 1. The third-order valence-corrected chi connectivity index (χ3v) is 3.07. The molecule has 0 N–H and O–H groups in total. The summed E-state index contributed by atoms with van der Waals surface area (Å²) in [5, 5.41) is 1.06. The van der Waals surface area contributed by atoms with Gasteiger partial charge < -0.3 is 0 Å². The van der Waals surface area contributed by atoms with Crippen molar-refractivity contribution in [2.45, 2.75) is 0 Å². The average molecular weight is 291 g/mol. The third-order valence-electron chi connectivity index (χ3n) is 2.57. The quantitative estimate of drug-likeness (QED) is 0.485. The molecule has 0 aliphatic carbocycles. The summed E-state index contributed by atoms with van der Waals surface area (Å²) in [4.78, 5) is 23.2. The summed E-state index contributed by atoms with van der Waals surface area (Å²) in [6, 6.07) is 12.8. The summed E-state index contributed by atoms with van der Waals surface area (Å²) in [5.41, 5.74) is 0.844. The van der Waals surface area contributed by atoms with Gasteiger partial charge in [0.1, 0.15) is 11.5 Å². The first-order valence-electron chi connectivity index (χ1n) is 5.43. The van der Waals surface area contributed by atoms with Gasteiger partial charge in [-0.05, 0) is 42.0 Å². The van der Waals surface area contributed by atoms with Crippen molar-refractivity contribution in [3.63, 3.8) is 0 Å². The zero-order chi connectivity index (χ0) is 13.8. The Labute approximate surface area is 120 Å². The lowest BCUT2D eigenvalue weighted by Crippen LogP contribution is -2.03. The van der Waals surface area contributed by atoms with Crippen LogP contribution in [-0.4, -0.2) is 11.7 Å². The summed E-state index contributed by atoms with van der Waals surface area (Å²) in [7, 11) is 0. The first kappa shape index (κ1) is 13.6. The van der Waals surface area contributed by atoms with Crippen LogP contribution in [0.3, 0.4) is 0 Å². The molecule has 0 aliphatic heterocycles. The molecule has 0 heterocycles. The molecule has 0 fully saturated rings. The van der Waals surface area contributed by atoms with E-state index in [1.54, 1.807) is 54.5 Å². The number of ketones is 1. The molecular weight excluding hydrogens is 283 g/mol. The Hall–Kier alpha value is -1.86. The van der Waals surface area contributed by atoms with E-state index >= 15 is 0 Å². The summed E-state index contributed by atoms with van der Waals surface area (Å²) in [6.45, 7) is 0. The molecule has 2 aromatic rings. The van der Waals surface area contributed by atoms with Crippen LogP contribution < -0.4 is 0 Å². The normalized spacial score (nSPS) is 9.79. The molecule has 19 heavy (non-hydrogen) atoms. The molecule has 0 spiro atoms. The van der Waals surface area contributed by atoms with E-state index in [-0.39, 0.29) is 5.57 Å². The van der Waals surface area contributed by atoms with Gasteiger partial charge in [-0.3, -0.25) is 4.79 Å². The van der Waals surface area contributed by atoms with Crippen molar-refractivity contribution in [3.8, 4) is 0 Å². The van der Waals surface area contributed by atoms with Gasteiger partial charge in [0.05, 0.1) is 0 Å². The lowest BCUT2D eigenvalue weighted by Gasteiger charge is -2.03. The predicted molar refractivity (Wildman–Crippen MR) is 76.3 cm³/mol. The molecule has 0 saturated carbocycles. The highest BCUT2D eigenvalue weighted by Gasteiger charge is 2.15. The fourth-order valence-corrected chi connectivity index (χ4v) is 1.85. The van der Waals surface area contributed by atoms with Crippen LogP contribution in [-0.2, 0) is 4.79 Å². The van der Waals surface area contributed by atoms with Gasteiger partial charge in [-0.2, -0.15) is 0 Å². The highest BCUT2D eigenvalue weighted by molar-refractivity contribution is 6.36. The van der Waals surface area contributed by atoms with Crippen molar-refractivity contribution in [1.29, 1.82) is 0 Å². The Kier molecular flexibility index (Phi) is 4.18. The van der Waals surface area contributed by atoms with Crippen molar-refractivity contribution in [3.05, 3.63) is 69.7 Å². The molecule has 94 valence electrons. The van der Waals surface area contributed by atoms with Gasteiger partial charge in [0.2, 0.25) is 5.78 Å².